The summed E-state index contributed by atoms with van der Waals surface area (Å²) in [6.07, 6.45) is 1.29. The molecule has 0 spiro atoms. The van der Waals surface area contributed by atoms with Gasteiger partial charge in [-0.15, -0.1) is 0 Å². The van der Waals surface area contributed by atoms with Crippen LogP contribution in [-0.4, -0.2) is 36.1 Å². The summed E-state index contributed by atoms with van der Waals surface area (Å²) in [6, 6.07) is 7.07. The van der Waals surface area contributed by atoms with E-state index in [0.717, 1.165) is 6.42 Å². The lowest BCUT2D eigenvalue weighted by Crippen LogP contribution is -2.27. The average Bonchev–Trinajstić information content (AvgIpc) is 3.21. The van der Waals surface area contributed by atoms with Gasteiger partial charge in [0.15, 0.2) is 6.61 Å². The summed E-state index contributed by atoms with van der Waals surface area (Å²) in [7, 11) is 0. The number of esters is 1. The first-order valence-corrected chi connectivity index (χ1v) is 8.72. The van der Waals surface area contributed by atoms with Gasteiger partial charge in [0, 0.05) is 18.5 Å². The number of hydrogen-bond donors (Lipinski definition) is 1. The molecule has 3 rings (SSSR count). The van der Waals surface area contributed by atoms with Crippen molar-refractivity contribution in [2.45, 2.75) is 33.1 Å². The Morgan fingerprint density at radius 3 is 2.74 bits per heavy atom. The highest BCUT2D eigenvalue weighted by Gasteiger charge is 2.24. The second-order valence-corrected chi connectivity index (χ2v) is 6.35. The van der Waals surface area contributed by atoms with Gasteiger partial charge in [-0.3, -0.25) is 14.4 Å². The molecule has 2 amide bonds. The van der Waals surface area contributed by atoms with E-state index in [9.17, 15) is 14.4 Å². The van der Waals surface area contributed by atoms with E-state index in [1.807, 2.05) is 0 Å². The topological polar surface area (TPSA) is 102 Å². The van der Waals surface area contributed by atoms with E-state index < -0.39 is 18.5 Å². The van der Waals surface area contributed by atoms with Crippen molar-refractivity contribution in [3.63, 3.8) is 0 Å². The summed E-state index contributed by atoms with van der Waals surface area (Å²) in [5.41, 5.74) is 2.45. The lowest BCUT2D eigenvalue weighted by Gasteiger charge is -2.19. The van der Waals surface area contributed by atoms with Gasteiger partial charge in [0.25, 0.3) is 5.91 Å². The third-order valence-electron chi connectivity index (χ3n) is 4.41. The molecule has 1 fully saturated rings. The predicted molar refractivity (Wildman–Crippen MR) is 97.3 cm³/mol. The van der Waals surface area contributed by atoms with E-state index in [0.29, 0.717) is 41.4 Å². The second-order valence-electron chi connectivity index (χ2n) is 6.35. The van der Waals surface area contributed by atoms with Gasteiger partial charge < -0.3 is 19.5 Å². The Kier molecular flexibility index (Phi) is 5.54. The zero-order valence-corrected chi connectivity index (χ0v) is 15.3. The van der Waals surface area contributed by atoms with E-state index in [4.69, 9.17) is 9.26 Å². The maximum atomic E-state index is 12.2. The quantitative estimate of drug-likeness (QED) is 0.781. The number of anilines is 2. The van der Waals surface area contributed by atoms with Crippen LogP contribution in [0.2, 0.25) is 0 Å². The van der Waals surface area contributed by atoms with Crippen molar-refractivity contribution < 1.29 is 23.6 Å². The largest absolute Gasteiger partial charge is 0.455 e. The zero-order valence-electron chi connectivity index (χ0n) is 15.3. The van der Waals surface area contributed by atoms with Crippen LogP contribution in [0.4, 0.5) is 11.4 Å². The molecule has 1 aromatic carbocycles. The van der Waals surface area contributed by atoms with Crippen LogP contribution in [0.15, 0.2) is 28.8 Å². The second kappa shape index (κ2) is 8.03. The summed E-state index contributed by atoms with van der Waals surface area (Å²) < 4.78 is 10.0. The third-order valence-corrected chi connectivity index (χ3v) is 4.41. The highest BCUT2D eigenvalue weighted by atomic mass is 16.5. The third kappa shape index (κ3) is 4.33. The maximum Gasteiger partial charge on any atom is 0.310 e. The number of nitrogens with one attached hydrogen (secondary N) is 1. The Balaban J connectivity index is 1.57. The smallest absolute Gasteiger partial charge is 0.310 e. The number of hydrogen-bond acceptors (Lipinski definition) is 6. The first kappa shape index (κ1) is 18.6. The van der Waals surface area contributed by atoms with E-state index >= 15 is 0 Å². The van der Waals surface area contributed by atoms with Crippen LogP contribution in [-0.2, 0) is 25.5 Å². The minimum atomic E-state index is -0.539. The van der Waals surface area contributed by atoms with Crippen molar-refractivity contribution in [2.75, 3.05) is 23.4 Å². The molecular formula is C19H21N3O5. The molecule has 1 aliphatic rings. The summed E-state index contributed by atoms with van der Waals surface area (Å²) in [6.45, 7) is 3.66. The van der Waals surface area contributed by atoms with Crippen LogP contribution in [0.3, 0.4) is 0 Å². The molecule has 0 saturated carbocycles. The number of nitrogens with zero attached hydrogens (tertiary/aromatic N) is 2. The van der Waals surface area contributed by atoms with Crippen LogP contribution in [0.1, 0.15) is 29.9 Å². The predicted octanol–water partition coefficient (Wildman–Crippen LogP) is 2.14. The van der Waals surface area contributed by atoms with Crippen molar-refractivity contribution in [3.8, 4) is 0 Å². The maximum absolute atomic E-state index is 12.2. The first-order chi connectivity index (χ1) is 13.0. The molecule has 1 saturated heterocycles. The number of carbonyl (C=O) groups excluding carboxylic acids is 3. The van der Waals surface area contributed by atoms with Gasteiger partial charge in [0.2, 0.25) is 5.91 Å². The Bertz CT molecular complexity index is 854. The number of aromatic nitrogens is 1. The molecule has 0 unspecified atom stereocenters. The Morgan fingerprint density at radius 2 is 2.07 bits per heavy atom. The summed E-state index contributed by atoms with van der Waals surface area (Å²) >= 11 is 0. The molecule has 8 nitrogen and oxygen atoms in total. The Labute approximate surface area is 156 Å². The van der Waals surface area contributed by atoms with Gasteiger partial charge in [0.1, 0.15) is 5.76 Å². The van der Waals surface area contributed by atoms with E-state index in [2.05, 4.69) is 10.5 Å². The number of rotatable bonds is 6. The minimum absolute atomic E-state index is 0.00663. The van der Waals surface area contributed by atoms with E-state index in [1.165, 1.54) is 0 Å². The van der Waals surface area contributed by atoms with Crippen LogP contribution in [0, 0.1) is 13.8 Å². The summed E-state index contributed by atoms with van der Waals surface area (Å²) in [4.78, 5) is 37.8. The number of ether oxygens (including phenoxy) is 1. The van der Waals surface area contributed by atoms with E-state index in [-0.39, 0.29) is 12.3 Å². The van der Waals surface area contributed by atoms with Crippen molar-refractivity contribution >= 4 is 29.2 Å². The first-order valence-electron chi connectivity index (χ1n) is 8.72. The lowest BCUT2D eigenvalue weighted by molar-refractivity contribution is -0.146. The lowest BCUT2D eigenvalue weighted by atomic mass is 10.1. The van der Waals surface area contributed by atoms with Gasteiger partial charge in [0.05, 0.1) is 23.5 Å². The number of aryl methyl sites for hydroxylation is 2. The SMILES string of the molecule is Cc1noc(C)c1CC(=O)OCC(=O)Nc1ccccc1N1CCCC1=O. The van der Waals surface area contributed by atoms with Crippen LogP contribution < -0.4 is 10.2 Å². The normalized spacial score (nSPS) is 13.7. The monoisotopic (exact) mass is 371 g/mol. The molecule has 0 aliphatic carbocycles. The molecule has 27 heavy (non-hydrogen) atoms. The van der Waals surface area contributed by atoms with Crippen molar-refractivity contribution in [2.24, 2.45) is 0 Å². The molecular weight excluding hydrogens is 350 g/mol. The Hall–Kier alpha value is -3.16. The molecule has 1 aromatic heterocycles. The Morgan fingerprint density at radius 1 is 1.30 bits per heavy atom. The van der Waals surface area contributed by atoms with Gasteiger partial charge >= 0.3 is 5.97 Å². The van der Waals surface area contributed by atoms with Crippen LogP contribution in [0.5, 0.6) is 0 Å². The number of amides is 2. The molecule has 142 valence electrons. The van der Waals surface area contributed by atoms with Gasteiger partial charge in [-0.1, -0.05) is 17.3 Å². The summed E-state index contributed by atoms with van der Waals surface area (Å²) in [5.74, 6) is -0.426. The highest BCUT2D eigenvalue weighted by Crippen LogP contribution is 2.29. The number of para-hydroxylation sites is 2. The number of benzene rings is 1. The zero-order chi connectivity index (χ0) is 19.4. The minimum Gasteiger partial charge on any atom is -0.455 e. The van der Waals surface area contributed by atoms with Crippen molar-refractivity contribution in [3.05, 3.63) is 41.3 Å². The van der Waals surface area contributed by atoms with E-state index in [1.54, 1.807) is 43.0 Å². The molecule has 2 heterocycles. The molecule has 2 aromatic rings. The number of carbonyl (C=O) groups is 3. The fourth-order valence-corrected chi connectivity index (χ4v) is 3.00. The fourth-order valence-electron chi connectivity index (χ4n) is 3.00. The highest BCUT2D eigenvalue weighted by molar-refractivity contribution is 6.02. The average molecular weight is 371 g/mol. The van der Waals surface area contributed by atoms with Gasteiger partial charge in [-0.05, 0) is 32.4 Å². The van der Waals surface area contributed by atoms with Crippen molar-refractivity contribution in [1.82, 2.24) is 5.16 Å². The van der Waals surface area contributed by atoms with Gasteiger partial charge in [-0.25, -0.2) is 0 Å². The van der Waals surface area contributed by atoms with Crippen LogP contribution in [0.25, 0.3) is 0 Å². The molecule has 0 bridgehead atoms. The molecule has 0 atom stereocenters. The van der Waals surface area contributed by atoms with Crippen LogP contribution >= 0.6 is 0 Å². The molecule has 1 N–H and O–H groups in total. The molecule has 8 heteroatoms. The summed E-state index contributed by atoms with van der Waals surface area (Å²) in [5, 5.41) is 6.48. The molecule has 0 radical (unpaired) electrons. The fraction of sp³-hybridized carbons (Fsp3) is 0.368. The standard InChI is InChI=1S/C19H21N3O5/c1-12-14(13(2)27-21-12)10-19(25)26-11-17(23)20-15-6-3-4-7-16(15)22-9-5-8-18(22)24/h3-4,6-7H,5,8-11H2,1-2H3,(H,20,23). The molecule has 1 aliphatic heterocycles. The van der Waals surface area contributed by atoms with Gasteiger partial charge in [-0.2, -0.15) is 0 Å². The van der Waals surface area contributed by atoms with Crippen molar-refractivity contribution in [1.29, 1.82) is 0 Å².